The van der Waals surface area contributed by atoms with Crippen molar-refractivity contribution < 1.29 is 9.90 Å². The first-order valence-corrected chi connectivity index (χ1v) is 7.02. The van der Waals surface area contributed by atoms with Gasteiger partial charge in [-0.15, -0.1) is 0 Å². The van der Waals surface area contributed by atoms with Crippen molar-refractivity contribution in [1.82, 2.24) is 4.98 Å². The first-order valence-electron chi connectivity index (χ1n) is 6.23. The molecule has 1 aromatic heterocycles. The highest BCUT2D eigenvalue weighted by Gasteiger charge is 2.12. The van der Waals surface area contributed by atoms with Crippen LogP contribution < -0.4 is 5.32 Å². The van der Waals surface area contributed by atoms with E-state index in [1.807, 2.05) is 24.3 Å². The quantitative estimate of drug-likeness (QED) is 0.869. The highest BCUT2D eigenvalue weighted by atomic mass is 79.9. The fraction of sp³-hybridized carbons (Fsp3) is 0.200. The lowest BCUT2D eigenvalue weighted by Crippen LogP contribution is -2.05. The number of rotatable bonds is 4. The van der Waals surface area contributed by atoms with Crippen molar-refractivity contribution in [3.63, 3.8) is 0 Å². The molecule has 104 valence electrons. The molecule has 0 saturated carbocycles. The van der Waals surface area contributed by atoms with Gasteiger partial charge in [-0.05, 0) is 45.6 Å². The van der Waals surface area contributed by atoms with E-state index in [1.165, 1.54) is 11.6 Å². The normalized spacial score (nSPS) is 10.6. The van der Waals surface area contributed by atoms with E-state index in [4.69, 9.17) is 0 Å². The number of carbonyl (C=O) groups is 1. The van der Waals surface area contributed by atoms with E-state index in [-0.39, 0.29) is 5.56 Å². The Balaban J connectivity index is 2.35. The molecule has 20 heavy (non-hydrogen) atoms. The van der Waals surface area contributed by atoms with Crippen molar-refractivity contribution in [1.29, 1.82) is 0 Å². The summed E-state index contributed by atoms with van der Waals surface area (Å²) in [6.07, 6.45) is 1.57. The molecule has 1 aromatic carbocycles. The van der Waals surface area contributed by atoms with Gasteiger partial charge in [0.15, 0.2) is 0 Å². The summed E-state index contributed by atoms with van der Waals surface area (Å²) in [5.41, 5.74) is 2.15. The zero-order valence-corrected chi connectivity index (χ0v) is 12.8. The summed E-state index contributed by atoms with van der Waals surface area (Å²) in [4.78, 5) is 15.4. The van der Waals surface area contributed by atoms with E-state index < -0.39 is 5.97 Å². The van der Waals surface area contributed by atoms with Gasteiger partial charge in [-0.1, -0.05) is 26.0 Å². The minimum Gasteiger partial charge on any atom is -0.478 e. The van der Waals surface area contributed by atoms with Crippen LogP contribution in [-0.2, 0) is 0 Å². The highest BCUT2D eigenvalue weighted by Crippen LogP contribution is 2.24. The van der Waals surface area contributed by atoms with Crippen LogP contribution in [0.1, 0.15) is 35.7 Å². The molecule has 0 unspecified atom stereocenters. The molecule has 0 aliphatic heterocycles. The second-order valence-electron chi connectivity index (χ2n) is 4.76. The van der Waals surface area contributed by atoms with E-state index in [2.05, 4.69) is 40.1 Å². The number of hydrogen-bond acceptors (Lipinski definition) is 3. The summed E-state index contributed by atoms with van der Waals surface area (Å²) in [6.45, 7) is 4.22. The number of anilines is 2. The molecular weight excluding hydrogens is 320 g/mol. The summed E-state index contributed by atoms with van der Waals surface area (Å²) in [5.74, 6) is -0.267. The van der Waals surface area contributed by atoms with Crippen molar-refractivity contribution >= 4 is 33.4 Å². The molecule has 0 spiro atoms. The number of halogens is 1. The van der Waals surface area contributed by atoms with Crippen LogP contribution in [0.25, 0.3) is 0 Å². The van der Waals surface area contributed by atoms with Gasteiger partial charge in [0, 0.05) is 16.4 Å². The Bertz CT molecular complexity index is 642. The third kappa shape index (κ3) is 3.36. The maximum atomic E-state index is 11.2. The monoisotopic (exact) mass is 334 g/mol. The molecule has 1 heterocycles. The van der Waals surface area contributed by atoms with Crippen LogP contribution in [-0.4, -0.2) is 16.1 Å². The number of carboxylic acids is 1. The average Bonchev–Trinajstić information content (AvgIpc) is 2.41. The van der Waals surface area contributed by atoms with Crippen LogP contribution in [0.3, 0.4) is 0 Å². The maximum absolute atomic E-state index is 11.2. The van der Waals surface area contributed by atoms with E-state index in [0.717, 1.165) is 5.69 Å². The number of nitrogens with one attached hydrogen (secondary N) is 1. The third-order valence-corrected chi connectivity index (χ3v) is 3.33. The standard InChI is InChI=1S/C15H15BrN2O2/c1-9(2)10-4-3-5-12(6-10)18-14-13(15(19)20)7-11(16)8-17-14/h3-9H,1-2H3,(H,17,18)(H,19,20). The number of aromatic nitrogens is 1. The first-order chi connectivity index (χ1) is 9.47. The summed E-state index contributed by atoms with van der Waals surface area (Å²) in [5, 5.41) is 12.3. The summed E-state index contributed by atoms with van der Waals surface area (Å²) in [6, 6.07) is 9.41. The van der Waals surface area contributed by atoms with Crippen LogP contribution in [0.2, 0.25) is 0 Å². The van der Waals surface area contributed by atoms with Gasteiger partial charge in [-0.25, -0.2) is 9.78 Å². The van der Waals surface area contributed by atoms with Crippen LogP contribution >= 0.6 is 15.9 Å². The number of aromatic carboxylic acids is 1. The minimum atomic E-state index is -1.01. The summed E-state index contributed by atoms with van der Waals surface area (Å²) < 4.78 is 0.636. The van der Waals surface area contributed by atoms with E-state index in [9.17, 15) is 9.90 Å². The largest absolute Gasteiger partial charge is 0.478 e. The van der Waals surface area contributed by atoms with Gasteiger partial charge >= 0.3 is 5.97 Å². The van der Waals surface area contributed by atoms with Crippen molar-refractivity contribution in [2.75, 3.05) is 5.32 Å². The molecule has 0 radical (unpaired) electrons. The molecule has 0 atom stereocenters. The smallest absolute Gasteiger partial charge is 0.339 e. The van der Waals surface area contributed by atoms with Crippen molar-refractivity contribution in [3.8, 4) is 0 Å². The van der Waals surface area contributed by atoms with E-state index in [0.29, 0.717) is 16.2 Å². The molecule has 2 aromatic rings. The zero-order valence-electron chi connectivity index (χ0n) is 11.2. The lowest BCUT2D eigenvalue weighted by atomic mass is 10.0. The first kappa shape index (κ1) is 14.5. The van der Waals surface area contributed by atoms with Gasteiger partial charge in [-0.3, -0.25) is 0 Å². The molecule has 2 rings (SSSR count). The van der Waals surface area contributed by atoms with Gasteiger partial charge < -0.3 is 10.4 Å². The Labute approximate surface area is 126 Å². The number of hydrogen-bond donors (Lipinski definition) is 2. The highest BCUT2D eigenvalue weighted by molar-refractivity contribution is 9.10. The molecule has 2 N–H and O–H groups in total. The van der Waals surface area contributed by atoms with Gasteiger partial charge in [0.1, 0.15) is 11.4 Å². The van der Waals surface area contributed by atoms with Crippen LogP contribution in [0.4, 0.5) is 11.5 Å². The third-order valence-electron chi connectivity index (χ3n) is 2.90. The maximum Gasteiger partial charge on any atom is 0.339 e. The van der Waals surface area contributed by atoms with Crippen molar-refractivity contribution in [3.05, 3.63) is 52.1 Å². The Morgan fingerprint density at radius 3 is 2.75 bits per heavy atom. The minimum absolute atomic E-state index is 0.134. The number of benzene rings is 1. The topological polar surface area (TPSA) is 62.2 Å². The lowest BCUT2D eigenvalue weighted by Gasteiger charge is -2.11. The van der Waals surface area contributed by atoms with E-state index in [1.54, 1.807) is 6.20 Å². The Kier molecular flexibility index (Phi) is 4.39. The number of carboxylic acid groups (broad SMARTS) is 1. The SMILES string of the molecule is CC(C)c1cccc(Nc2ncc(Br)cc2C(=O)O)c1. The number of pyridine rings is 1. The Morgan fingerprint density at radius 2 is 2.10 bits per heavy atom. The molecule has 0 amide bonds. The fourth-order valence-corrected chi connectivity index (χ4v) is 2.15. The van der Waals surface area contributed by atoms with Crippen LogP contribution in [0.15, 0.2) is 41.0 Å². The van der Waals surface area contributed by atoms with Gasteiger partial charge in [0.25, 0.3) is 0 Å². The molecule has 0 bridgehead atoms. The molecule has 5 heteroatoms. The van der Waals surface area contributed by atoms with Gasteiger partial charge in [0.2, 0.25) is 0 Å². The summed E-state index contributed by atoms with van der Waals surface area (Å²) >= 11 is 3.23. The summed E-state index contributed by atoms with van der Waals surface area (Å²) in [7, 11) is 0. The van der Waals surface area contributed by atoms with Crippen LogP contribution in [0.5, 0.6) is 0 Å². The second kappa shape index (κ2) is 6.05. The fourth-order valence-electron chi connectivity index (χ4n) is 1.81. The molecule has 4 nitrogen and oxygen atoms in total. The number of nitrogens with zero attached hydrogens (tertiary/aromatic N) is 1. The Morgan fingerprint density at radius 1 is 1.35 bits per heavy atom. The zero-order chi connectivity index (χ0) is 14.7. The average molecular weight is 335 g/mol. The van der Waals surface area contributed by atoms with Gasteiger partial charge in [-0.2, -0.15) is 0 Å². The second-order valence-corrected chi connectivity index (χ2v) is 5.68. The molecule has 0 fully saturated rings. The molecular formula is C15H15BrN2O2. The van der Waals surface area contributed by atoms with Crippen LogP contribution in [0, 0.1) is 0 Å². The van der Waals surface area contributed by atoms with E-state index >= 15 is 0 Å². The van der Waals surface area contributed by atoms with Crippen molar-refractivity contribution in [2.24, 2.45) is 0 Å². The van der Waals surface area contributed by atoms with Crippen molar-refractivity contribution in [2.45, 2.75) is 19.8 Å². The lowest BCUT2D eigenvalue weighted by molar-refractivity contribution is 0.0697. The predicted octanol–water partition coefficient (Wildman–Crippen LogP) is 4.41. The Hall–Kier alpha value is -1.88. The molecule has 0 aliphatic rings. The molecule has 0 aliphatic carbocycles. The van der Waals surface area contributed by atoms with Gasteiger partial charge in [0.05, 0.1) is 0 Å². The predicted molar refractivity (Wildman–Crippen MR) is 82.7 cm³/mol. The molecule has 0 saturated heterocycles.